The van der Waals surface area contributed by atoms with E-state index in [1.165, 1.54) is 28.8 Å². The van der Waals surface area contributed by atoms with Crippen molar-refractivity contribution in [2.24, 2.45) is 5.92 Å². The Kier molecular flexibility index (Phi) is 11.1. The summed E-state index contributed by atoms with van der Waals surface area (Å²) < 4.78 is 38.2. The monoisotopic (exact) mass is 921 g/mol. The summed E-state index contributed by atoms with van der Waals surface area (Å²) >= 11 is -1.72. The van der Waals surface area contributed by atoms with Crippen molar-refractivity contribution >= 4 is 45.6 Å². The first kappa shape index (κ1) is 35.0. The van der Waals surface area contributed by atoms with Gasteiger partial charge in [0, 0.05) is 40.0 Å². The molecule has 1 radical (unpaired) electrons. The Hall–Kier alpha value is -4.47. The minimum absolute atomic E-state index is 0. The second-order valence-electron chi connectivity index (χ2n) is 13.1. The van der Waals surface area contributed by atoms with Gasteiger partial charge in [-0.3, -0.25) is 4.79 Å². The summed E-state index contributed by atoms with van der Waals surface area (Å²) in [5.74, 6) is 5.52. The molecule has 51 heavy (non-hydrogen) atoms. The van der Waals surface area contributed by atoms with Crippen molar-refractivity contribution in [1.82, 2.24) is 9.97 Å². The first-order valence-electron chi connectivity index (χ1n) is 17.2. The van der Waals surface area contributed by atoms with Gasteiger partial charge < -0.3 is 14.3 Å². The molecule has 0 aliphatic carbocycles. The first-order chi connectivity index (χ1) is 24.8. The molecule has 7 aromatic rings. The van der Waals surface area contributed by atoms with Crippen LogP contribution in [0.15, 0.2) is 114 Å². The Morgan fingerprint density at radius 1 is 0.961 bits per heavy atom. The number of benzene rings is 4. The molecule has 0 fully saturated rings. The Morgan fingerprint density at radius 3 is 2.39 bits per heavy atom. The fourth-order valence-corrected chi connectivity index (χ4v) is 7.81. The van der Waals surface area contributed by atoms with Crippen LogP contribution in [0.25, 0.3) is 55.6 Å². The van der Waals surface area contributed by atoms with Gasteiger partial charge in [-0.05, 0) is 52.7 Å². The second-order valence-corrected chi connectivity index (χ2v) is 23.8. The zero-order chi connectivity index (χ0) is 37.2. The van der Waals surface area contributed by atoms with Gasteiger partial charge in [0.25, 0.3) is 0 Å². The minimum Gasteiger partial charge on any atom is 0 e. The number of halogens is 1. The molecule has 3 heterocycles. The number of hydrogen-bond donors (Lipinski definition) is 1. The van der Waals surface area contributed by atoms with Gasteiger partial charge in [0.05, 0.1) is 5.58 Å². The van der Waals surface area contributed by atoms with Crippen LogP contribution in [0.5, 0.6) is 0 Å². The van der Waals surface area contributed by atoms with Gasteiger partial charge in [0.2, 0.25) is 0 Å². The molecule has 0 saturated carbocycles. The molecule has 7 rings (SSSR count). The van der Waals surface area contributed by atoms with Crippen LogP contribution in [0.2, 0.25) is 17.3 Å². The van der Waals surface area contributed by atoms with E-state index in [0.29, 0.717) is 44.3 Å². The molecule has 0 saturated heterocycles. The Morgan fingerprint density at radius 2 is 1.75 bits per heavy atom. The van der Waals surface area contributed by atoms with Crippen molar-refractivity contribution in [3.05, 3.63) is 139 Å². The summed E-state index contributed by atoms with van der Waals surface area (Å²) in [4.78, 5) is 25.4. The van der Waals surface area contributed by atoms with Crippen molar-refractivity contribution < 1.29 is 46.6 Å². The molecule has 9 heteroatoms. The molecule has 3 aromatic heterocycles. The van der Waals surface area contributed by atoms with Crippen molar-refractivity contribution in [3.8, 4) is 33.6 Å². The van der Waals surface area contributed by atoms with Crippen LogP contribution in [0.4, 0.5) is 4.39 Å². The van der Waals surface area contributed by atoms with Crippen molar-refractivity contribution in [2.75, 3.05) is 0 Å². The summed E-state index contributed by atoms with van der Waals surface area (Å²) in [6, 6.07) is 34.5. The summed E-state index contributed by atoms with van der Waals surface area (Å²) in [6.45, 7) is 3.60. The molecular formula is C42H37FGeIrN2O4-2. The average Bonchev–Trinajstić information content (AvgIpc) is 3.55. The molecule has 0 aliphatic rings. The van der Waals surface area contributed by atoms with Gasteiger partial charge in [-0.2, -0.15) is 0 Å². The fraction of sp³-hybridized carbons (Fsp3) is 0.167. The number of carbonyl (C=O) groups excluding carboxylic acids is 1. The number of carbonyl (C=O) groups is 1. The van der Waals surface area contributed by atoms with Gasteiger partial charge in [0.15, 0.2) is 0 Å². The Bertz CT molecular complexity index is 2360. The number of pyridine rings is 2. The van der Waals surface area contributed by atoms with Gasteiger partial charge in [-0.25, -0.2) is 9.65 Å². The molecule has 0 spiro atoms. The third-order valence-corrected chi connectivity index (χ3v) is 12.4. The summed E-state index contributed by atoms with van der Waals surface area (Å²) in [5.41, 5.74) is 5.50. The largest absolute Gasteiger partial charge is 0 e. The maximum Gasteiger partial charge on any atom is 0 e. The zero-order valence-electron chi connectivity index (χ0n) is 30.7. The first-order valence-corrected chi connectivity index (χ1v) is 23.6. The number of para-hydroxylation sites is 1. The minimum atomic E-state index is -1.72. The van der Waals surface area contributed by atoms with E-state index in [-0.39, 0.29) is 43.0 Å². The van der Waals surface area contributed by atoms with Crippen LogP contribution in [0.3, 0.4) is 0 Å². The van der Waals surface area contributed by atoms with E-state index in [4.69, 9.17) is 12.4 Å². The summed E-state index contributed by atoms with van der Waals surface area (Å²) in [7, 11) is 0. The number of hydrogen-bond acceptors (Lipinski definition) is 6. The van der Waals surface area contributed by atoms with E-state index >= 15 is 0 Å². The van der Waals surface area contributed by atoms with E-state index in [1.54, 1.807) is 50.2 Å². The van der Waals surface area contributed by atoms with Gasteiger partial charge in [-0.15, -0.1) is 12.1 Å². The maximum atomic E-state index is 13.5. The average molecular weight is 920 g/mol. The van der Waals surface area contributed by atoms with E-state index < -0.39 is 25.6 Å². The van der Waals surface area contributed by atoms with Crippen molar-refractivity contribution in [3.63, 3.8) is 0 Å². The quantitative estimate of drug-likeness (QED) is 0.0742. The molecule has 0 atom stereocenters. The number of rotatable bonds is 7. The molecule has 0 aliphatic heterocycles. The molecule has 0 bridgehead atoms. The Balaban J connectivity index is 0.000000267. The Labute approximate surface area is 316 Å². The molecular weight excluding hydrogens is 880 g/mol. The SMILES string of the molecule is [2H]C([2H])(c1ccnc(-c2[c-]cc(C(=O)OO)c3c2oc2c(-c4ccc(F)cc4)cccc23)c1)C(C)C.[CH3][Ge]([CH3])([CH3])[c]1ccc(-c2[c-]cccc2)nc1.[Ir]. The molecule has 6 nitrogen and oxygen atoms in total. The molecule has 0 amide bonds. The van der Waals surface area contributed by atoms with E-state index in [9.17, 15) is 9.18 Å². The third kappa shape index (κ3) is 8.54. The van der Waals surface area contributed by atoms with Crippen LogP contribution < -0.4 is 4.40 Å². The number of fused-ring (bicyclic) bond motifs is 3. The van der Waals surface area contributed by atoms with E-state index in [2.05, 4.69) is 56.4 Å². The van der Waals surface area contributed by atoms with Crippen LogP contribution >= 0.6 is 0 Å². The maximum absolute atomic E-state index is 13.5. The number of nitrogens with zero attached hydrogens (tertiary/aromatic N) is 2. The number of aromatic nitrogens is 2. The molecule has 261 valence electrons. The van der Waals surface area contributed by atoms with Crippen LogP contribution in [-0.4, -0.2) is 34.5 Å². The van der Waals surface area contributed by atoms with Crippen molar-refractivity contribution in [1.29, 1.82) is 0 Å². The summed E-state index contributed by atoms with van der Waals surface area (Å²) in [5, 5.41) is 10.1. The summed E-state index contributed by atoms with van der Waals surface area (Å²) in [6.07, 6.45) is 1.96. The van der Waals surface area contributed by atoms with Crippen LogP contribution in [0, 0.1) is 23.9 Å². The predicted octanol–water partition coefficient (Wildman–Crippen LogP) is 10.2. The molecule has 1 N–H and O–H groups in total. The van der Waals surface area contributed by atoms with Crippen LogP contribution in [0.1, 0.15) is 32.5 Å². The van der Waals surface area contributed by atoms with Gasteiger partial charge in [-0.1, -0.05) is 61.4 Å². The van der Waals surface area contributed by atoms with Crippen LogP contribution in [-0.2, 0) is 31.4 Å². The standard InChI is InChI=1S/C28H21FNO4.C14H16GeN.Ir/c1-16(2)14-17-12-13-30-24(15-17)21-10-11-23(28(31)34-32)25-22-5-3-4-20(26(22)33-27(21)25)18-6-8-19(29)9-7-18;1-15(2,3)13-9-10-14(16-11-13)12-7-5-4-6-8-12;/h3-9,11-13,15-16,32H,14H2,1-2H3;4-7,9-11H,1-3H3;/q2*-1;/i14D2;;. The zero-order valence-corrected chi connectivity index (χ0v) is 33.2. The topological polar surface area (TPSA) is 85.5 Å². The van der Waals surface area contributed by atoms with Crippen molar-refractivity contribution in [2.45, 2.75) is 37.5 Å². The van der Waals surface area contributed by atoms with E-state index in [1.807, 2.05) is 36.5 Å². The second kappa shape index (κ2) is 16.3. The normalized spacial score (nSPS) is 12.1. The molecule has 4 aromatic carbocycles. The third-order valence-electron chi connectivity index (χ3n) is 8.12. The van der Waals surface area contributed by atoms with Gasteiger partial charge in [0.1, 0.15) is 11.4 Å². The smallest absolute Gasteiger partial charge is 0 e. The predicted molar refractivity (Wildman–Crippen MR) is 199 cm³/mol. The number of furan rings is 1. The van der Waals surface area contributed by atoms with E-state index in [0.717, 1.165) is 11.3 Å². The fourth-order valence-electron chi connectivity index (χ4n) is 5.64. The van der Waals surface area contributed by atoms with Gasteiger partial charge >= 0.3 is 106 Å². The molecule has 0 unspecified atom stereocenters.